The number of β-amino-alcohol motifs (C(OH)–C–C–N with tert-alkyl or cyclic N) is 1. The molecule has 0 saturated carbocycles. The Hall–Kier alpha value is -2.29. The van der Waals surface area contributed by atoms with Crippen LogP contribution >= 0.6 is 11.5 Å². The number of piperidine rings is 1. The highest BCUT2D eigenvalue weighted by Gasteiger charge is 2.29. The lowest BCUT2D eigenvalue weighted by molar-refractivity contribution is -0.121. The van der Waals surface area contributed by atoms with Crippen LogP contribution in [0.5, 0.6) is 0 Å². The summed E-state index contributed by atoms with van der Waals surface area (Å²) in [6.45, 7) is 4.25. The largest absolute Gasteiger partial charge is 0.457 e. The lowest BCUT2D eigenvalue weighted by Crippen LogP contribution is -2.40. The minimum Gasteiger partial charge on any atom is -0.457 e. The molecule has 28 heavy (non-hydrogen) atoms. The maximum atomic E-state index is 12.4. The van der Waals surface area contributed by atoms with Gasteiger partial charge in [-0.05, 0) is 61.6 Å². The van der Waals surface area contributed by atoms with Crippen molar-refractivity contribution in [2.45, 2.75) is 32.5 Å². The Balaban J connectivity index is 1.32. The van der Waals surface area contributed by atoms with Gasteiger partial charge in [-0.3, -0.25) is 4.79 Å². The van der Waals surface area contributed by atoms with Crippen molar-refractivity contribution in [3.8, 4) is 0 Å². The Morgan fingerprint density at radius 3 is 2.93 bits per heavy atom. The lowest BCUT2D eigenvalue weighted by atomic mass is 9.93. The number of benzene rings is 1. The number of hydrogen-bond donors (Lipinski definition) is 2. The van der Waals surface area contributed by atoms with Crippen LogP contribution in [0.4, 0.5) is 5.69 Å². The first-order valence-electron chi connectivity index (χ1n) is 9.43. The van der Waals surface area contributed by atoms with Gasteiger partial charge in [-0.15, -0.1) is 0 Å². The summed E-state index contributed by atoms with van der Waals surface area (Å²) in [5, 5.41) is 15.5. The average molecular weight is 401 g/mol. The first kappa shape index (κ1) is 19.0. The van der Waals surface area contributed by atoms with Gasteiger partial charge in [0.1, 0.15) is 6.61 Å². The highest BCUT2D eigenvalue weighted by molar-refractivity contribution is 7.04. The molecule has 2 aromatic rings. The van der Waals surface area contributed by atoms with Crippen molar-refractivity contribution in [1.29, 1.82) is 0 Å². The summed E-state index contributed by atoms with van der Waals surface area (Å²) < 4.78 is 9.08. The van der Waals surface area contributed by atoms with Gasteiger partial charge in [0.05, 0.1) is 23.6 Å². The molecular formula is C20H23N3O4S. The molecule has 1 saturated heterocycles. The van der Waals surface area contributed by atoms with Crippen LogP contribution in [0.15, 0.2) is 23.7 Å². The van der Waals surface area contributed by atoms with E-state index < -0.39 is 6.10 Å². The van der Waals surface area contributed by atoms with Crippen LogP contribution in [0.25, 0.3) is 0 Å². The molecule has 7 nitrogen and oxygen atoms in total. The number of anilines is 1. The number of nitrogens with one attached hydrogen (secondary N) is 1. The third kappa shape index (κ3) is 3.80. The SMILES string of the molecule is Cc1c([C@@H](O)CN2CCC(C(=O)Nc3cnsc3)CC2)ccc2c1COC2=O. The molecule has 4 rings (SSSR count). The van der Waals surface area contributed by atoms with Crippen LogP contribution in [0.3, 0.4) is 0 Å². The molecule has 0 radical (unpaired) electrons. The number of hydrogen-bond acceptors (Lipinski definition) is 7. The Bertz CT molecular complexity index is 876. The predicted molar refractivity (Wildman–Crippen MR) is 105 cm³/mol. The average Bonchev–Trinajstić information content (AvgIpc) is 3.33. The van der Waals surface area contributed by atoms with Gasteiger partial charge >= 0.3 is 5.97 Å². The molecule has 2 N–H and O–H groups in total. The summed E-state index contributed by atoms with van der Waals surface area (Å²) in [5.41, 5.74) is 3.99. The number of aliphatic hydroxyl groups is 1. The first-order chi connectivity index (χ1) is 13.5. The maximum absolute atomic E-state index is 12.4. The smallest absolute Gasteiger partial charge is 0.338 e. The fraction of sp³-hybridized carbons (Fsp3) is 0.450. The molecule has 1 atom stereocenters. The van der Waals surface area contributed by atoms with Crippen molar-refractivity contribution < 1.29 is 19.4 Å². The number of cyclic esters (lactones) is 1. The van der Waals surface area contributed by atoms with Gasteiger partial charge in [-0.2, -0.15) is 4.37 Å². The molecule has 1 aromatic heterocycles. The van der Waals surface area contributed by atoms with E-state index in [0.717, 1.165) is 48.3 Å². The first-order valence-corrected chi connectivity index (χ1v) is 10.3. The van der Waals surface area contributed by atoms with Gasteiger partial charge in [-0.25, -0.2) is 4.79 Å². The summed E-state index contributed by atoms with van der Waals surface area (Å²) in [5.74, 6) is -0.268. The molecule has 3 heterocycles. The molecule has 0 unspecified atom stereocenters. The molecule has 148 valence electrons. The number of nitrogens with zero attached hydrogens (tertiary/aromatic N) is 2. The Morgan fingerprint density at radius 2 is 2.21 bits per heavy atom. The van der Waals surface area contributed by atoms with Crippen LogP contribution in [0.2, 0.25) is 0 Å². The third-order valence-corrected chi connectivity index (χ3v) is 6.24. The van der Waals surface area contributed by atoms with Crippen LogP contribution in [-0.2, 0) is 16.1 Å². The molecular weight excluding hydrogens is 378 g/mol. The maximum Gasteiger partial charge on any atom is 0.338 e. The topological polar surface area (TPSA) is 91.8 Å². The minimum atomic E-state index is -0.636. The van der Waals surface area contributed by atoms with Crippen molar-refractivity contribution >= 4 is 29.1 Å². The summed E-state index contributed by atoms with van der Waals surface area (Å²) in [4.78, 5) is 26.2. The Kier molecular flexibility index (Phi) is 5.43. The number of carbonyl (C=O) groups is 2. The number of esters is 1. The normalized spacial score (nSPS) is 18.6. The van der Waals surface area contributed by atoms with E-state index in [0.29, 0.717) is 12.1 Å². The van der Waals surface area contributed by atoms with Crippen LogP contribution in [0, 0.1) is 12.8 Å². The number of likely N-dealkylation sites (tertiary alicyclic amines) is 1. The predicted octanol–water partition coefficient (Wildman–Crippen LogP) is 2.51. The summed E-state index contributed by atoms with van der Waals surface area (Å²) in [7, 11) is 0. The van der Waals surface area contributed by atoms with E-state index in [9.17, 15) is 14.7 Å². The summed E-state index contributed by atoms with van der Waals surface area (Å²) in [6, 6.07) is 3.56. The van der Waals surface area contributed by atoms with Gasteiger partial charge in [0.2, 0.25) is 5.91 Å². The summed E-state index contributed by atoms with van der Waals surface area (Å²) >= 11 is 1.31. The Morgan fingerprint density at radius 1 is 1.43 bits per heavy atom. The van der Waals surface area contributed by atoms with Crippen molar-refractivity contribution in [2.24, 2.45) is 5.92 Å². The van der Waals surface area contributed by atoms with Gasteiger partial charge in [0, 0.05) is 23.4 Å². The van der Waals surface area contributed by atoms with Crippen molar-refractivity contribution in [1.82, 2.24) is 9.27 Å². The van der Waals surface area contributed by atoms with Crippen LogP contribution in [0.1, 0.15) is 46.0 Å². The number of aromatic nitrogens is 1. The third-order valence-electron chi connectivity index (χ3n) is 5.66. The molecule has 1 aromatic carbocycles. The molecule has 0 spiro atoms. The van der Waals surface area contributed by atoms with Gasteiger partial charge in [-0.1, -0.05) is 6.07 Å². The molecule has 2 aliphatic heterocycles. The Labute approximate surface area is 167 Å². The lowest BCUT2D eigenvalue weighted by Gasteiger charge is -2.32. The number of rotatable bonds is 5. The number of amides is 1. The van der Waals surface area contributed by atoms with E-state index in [2.05, 4.69) is 14.6 Å². The number of carbonyl (C=O) groups excluding carboxylic acids is 2. The fourth-order valence-electron chi connectivity index (χ4n) is 3.96. The molecule has 0 bridgehead atoms. The van der Waals surface area contributed by atoms with Crippen LogP contribution < -0.4 is 5.32 Å². The van der Waals surface area contributed by atoms with Gasteiger partial charge in [0.15, 0.2) is 0 Å². The molecule has 1 fully saturated rings. The van der Waals surface area contributed by atoms with Crippen LogP contribution in [-0.4, -0.2) is 45.9 Å². The van der Waals surface area contributed by atoms with Crippen molar-refractivity contribution in [2.75, 3.05) is 25.0 Å². The van der Waals surface area contributed by atoms with Crippen molar-refractivity contribution in [3.05, 3.63) is 46.0 Å². The quantitative estimate of drug-likeness (QED) is 0.748. The van der Waals surface area contributed by atoms with E-state index in [4.69, 9.17) is 4.74 Å². The van der Waals surface area contributed by atoms with Gasteiger partial charge in [0.25, 0.3) is 0 Å². The highest BCUT2D eigenvalue weighted by atomic mass is 32.1. The van der Waals surface area contributed by atoms with E-state index >= 15 is 0 Å². The van der Waals surface area contributed by atoms with E-state index in [1.54, 1.807) is 12.3 Å². The zero-order valence-electron chi connectivity index (χ0n) is 15.7. The van der Waals surface area contributed by atoms with Crippen molar-refractivity contribution in [3.63, 3.8) is 0 Å². The number of aliphatic hydroxyl groups excluding tert-OH is 1. The number of ether oxygens (including phenoxy) is 1. The zero-order valence-corrected chi connectivity index (χ0v) is 16.5. The monoisotopic (exact) mass is 401 g/mol. The molecule has 1 amide bonds. The van der Waals surface area contributed by atoms with E-state index in [1.165, 1.54) is 11.5 Å². The zero-order chi connectivity index (χ0) is 19.7. The molecule has 2 aliphatic rings. The standard InChI is InChI=1S/C20H23N3O4S/c1-12-15(2-3-16-17(12)10-27-20(16)26)18(24)9-23-6-4-13(5-7-23)19(25)22-14-8-21-28-11-14/h2-3,8,11,13,18,24H,4-7,9-10H2,1H3,(H,22,25)/t18-/m0/s1. The second kappa shape index (κ2) is 7.98. The second-order valence-corrected chi connectivity index (χ2v) is 8.03. The molecule has 8 heteroatoms. The number of fused-ring (bicyclic) bond motifs is 1. The van der Waals surface area contributed by atoms with Gasteiger partial charge < -0.3 is 20.1 Å². The second-order valence-electron chi connectivity index (χ2n) is 7.38. The minimum absolute atomic E-state index is 0.0156. The van der Waals surface area contributed by atoms with E-state index in [1.807, 2.05) is 18.4 Å². The summed E-state index contributed by atoms with van der Waals surface area (Å²) in [6.07, 6.45) is 2.55. The molecule has 0 aliphatic carbocycles. The highest BCUT2D eigenvalue weighted by Crippen LogP contribution is 2.30. The van der Waals surface area contributed by atoms with E-state index in [-0.39, 0.29) is 24.4 Å². The fourth-order valence-corrected chi connectivity index (χ4v) is 4.43.